The summed E-state index contributed by atoms with van der Waals surface area (Å²) in [5, 5.41) is 2.86. The molecule has 2 rings (SSSR count). The first kappa shape index (κ1) is 17.6. The van der Waals surface area contributed by atoms with Crippen LogP contribution >= 0.6 is 0 Å². The second-order valence-corrected chi connectivity index (χ2v) is 5.75. The van der Waals surface area contributed by atoms with Crippen LogP contribution in [0, 0.1) is 0 Å². The molecule has 1 heterocycles. The molecule has 1 amide bonds. The third kappa shape index (κ3) is 5.11. The number of hydrogen-bond acceptors (Lipinski definition) is 5. The number of carbonyl (C=O) groups is 1. The summed E-state index contributed by atoms with van der Waals surface area (Å²) < 4.78 is 10.4. The second kappa shape index (κ2) is 8.74. The third-order valence-corrected chi connectivity index (χ3v) is 4.00. The van der Waals surface area contributed by atoms with E-state index in [1.54, 1.807) is 6.92 Å². The van der Waals surface area contributed by atoms with Crippen LogP contribution in [0.1, 0.15) is 18.5 Å². The Kier molecular flexibility index (Phi) is 6.67. The Labute approximate surface area is 138 Å². The lowest BCUT2D eigenvalue weighted by molar-refractivity contribution is 0.0161. The zero-order valence-electron chi connectivity index (χ0n) is 14.2. The summed E-state index contributed by atoms with van der Waals surface area (Å²) in [5.74, 6) is 0. The number of carbonyl (C=O) groups excluding carboxylic acids is 1. The number of alkyl carbamates (subject to hydrolysis) is 1. The van der Waals surface area contributed by atoms with Crippen molar-refractivity contribution < 1.29 is 14.3 Å². The molecular weight excluding hydrogens is 294 g/mol. The lowest BCUT2D eigenvalue weighted by Gasteiger charge is -2.35. The number of hydrogen-bond donors (Lipinski definition) is 1. The molecule has 6 heteroatoms. The molecule has 1 N–H and O–H groups in total. The van der Waals surface area contributed by atoms with Crippen molar-refractivity contribution >= 4 is 11.8 Å². The van der Waals surface area contributed by atoms with E-state index >= 15 is 0 Å². The fourth-order valence-corrected chi connectivity index (χ4v) is 2.70. The smallest absolute Gasteiger partial charge is 0.407 e. The first-order valence-electron chi connectivity index (χ1n) is 8.11. The van der Waals surface area contributed by atoms with Gasteiger partial charge in [-0.3, -0.25) is 4.90 Å². The number of morpholine rings is 1. The molecule has 23 heavy (non-hydrogen) atoms. The molecule has 1 aliphatic heterocycles. The number of anilines is 1. The molecule has 1 aromatic rings. The van der Waals surface area contributed by atoms with E-state index < -0.39 is 0 Å². The van der Waals surface area contributed by atoms with Crippen LogP contribution in [0.4, 0.5) is 10.5 Å². The fraction of sp³-hybridized carbons (Fsp3) is 0.588. The lowest BCUT2D eigenvalue weighted by atomic mass is 10.0. The molecule has 0 radical (unpaired) electrons. The van der Waals surface area contributed by atoms with E-state index in [2.05, 4.69) is 39.4 Å². The van der Waals surface area contributed by atoms with E-state index in [9.17, 15) is 4.79 Å². The van der Waals surface area contributed by atoms with E-state index in [1.807, 2.05) is 14.1 Å². The van der Waals surface area contributed by atoms with Gasteiger partial charge in [0.05, 0.1) is 25.9 Å². The van der Waals surface area contributed by atoms with Crippen LogP contribution < -0.4 is 10.2 Å². The molecule has 6 nitrogen and oxygen atoms in total. The van der Waals surface area contributed by atoms with Gasteiger partial charge in [0.2, 0.25) is 0 Å². The number of amides is 1. The minimum atomic E-state index is -0.365. The number of benzene rings is 1. The van der Waals surface area contributed by atoms with Crippen LogP contribution in [-0.2, 0) is 9.47 Å². The highest BCUT2D eigenvalue weighted by atomic mass is 16.5. The van der Waals surface area contributed by atoms with Crippen molar-refractivity contribution in [1.82, 2.24) is 10.2 Å². The predicted octanol–water partition coefficient (Wildman–Crippen LogP) is 1.87. The van der Waals surface area contributed by atoms with Gasteiger partial charge in [0.1, 0.15) is 0 Å². The average Bonchev–Trinajstić information content (AvgIpc) is 2.57. The molecule has 0 bridgehead atoms. The number of rotatable bonds is 6. The Bertz CT molecular complexity index is 484. The predicted molar refractivity (Wildman–Crippen MR) is 90.9 cm³/mol. The SMILES string of the molecule is CCOC(=O)NC[C@@H](c1ccc(N(C)C)cc1)N1CCOCC1. The van der Waals surface area contributed by atoms with Crippen LogP contribution in [0.5, 0.6) is 0 Å². The third-order valence-electron chi connectivity index (χ3n) is 4.00. The monoisotopic (exact) mass is 321 g/mol. The van der Waals surface area contributed by atoms with Gasteiger partial charge in [-0.25, -0.2) is 4.79 Å². The van der Waals surface area contributed by atoms with Crippen LogP contribution in [0.25, 0.3) is 0 Å². The van der Waals surface area contributed by atoms with E-state index in [-0.39, 0.29) is 12.1 Å². The quantitative estimate of drug-likeness (QED) is 0.867. The van der Waals surface area contributed by atoms with Gasteiger partial charge in [-0.1, -0.05) is 12.1 Å². The summed E-state index contributed by atoms with van der Waals surface area (Å²) in [5.41, 5.74) is 2.35. The van der Waals surface area contributed by atoms with Crippen molar-refractivity contribution in [3.8, 4) is 0 Å². The summed E-state index contributed by atoms with van der Waals surface area (Å²) in [6.07, 6.45) is -0.365. The van der Waals surface area contributed by atoms with Gasteiger partial charge in [-0.2, -0.15) is 0 Å². The lowest BCUT2D eigenvalue weighted by Crippen LogP contribution is -2.43. The van der Waals surface area contributed by atoms with E-state index in [4.69, 9.17) is 9.47 Å². The van der Waals surface area contributed by atoms with Crippen molar-refractivity contribution in [3.05, 3.63) is 29.8 Å². The van der Waals surface area contributed by atoms with E-state index in [1.165, 1.54) is 5.56 Å². The summed E-state index contributed by atoms with van der Waals surface area (Å²) in [4.78, 5) is 16.0. The van der Waals surface area contributed by atoms with Crippen LogP contribution in [0.2, 0.25) is 0 Å². The normalized spacial score (nSPS) is 16.7. The topological polar surface area (TPSA) is 54.0 Å². The Morgan fingerprint density at radius 1 is 1.30 bits per heavy atom. The van der Waals surface area contributed by atoms with Gasteiger partial charge in [0.15, 0.2) is 0 Å². The highest BCUT2D eigenvalue weighted by Crippen LogP contribution is 2.23. The maximum absolute atomic E-state index is 11.6. The first-order chi connectivity index (χ1) is 11.1. The number of nitrogens with zero attached hydrogens (tertiary/aromatic N) is 2. The maximum atomic E-state index is 11.6. The van der Waals surface area contributed by atoms with Gasteiger partial charge in [-0.05, 0) is 24.6 Å². The molecule has 1 fully saturated rings. The molecule has 128 valence electrons. The molecule has 0 aliphatic carbocycles. The minimum Gasteiger partial charge on any atom is -0.450 e. The maximum Gasteiger partial charge on any atom is 0.407 e. The van der Waals surface area contributed by atoms with Gasteiger partial charge < -0.3 is 19.7 Å². The molecule has 1 aliphatic rings. The Morgan fingerprint density at radius 2 is 1.96 bits per heavy atom. The van der Waals surface area contributed by atoms with Gasteiger partial charge >= 0.3 is 6.09 Å². The van der Waals surface area contributed by atoms with E-state index in [0.29, 0.717) is 13.2 Å². The van der Waals surface area contributed by atoms with E-state index in [0.717, 1.165) is 32.0 Å². The van der Waals surface area contributed by atoms with Crippen LogP contribution in [0.15, 0.2) is 24.3 Å². The number of nitrogens with one attached hydrogen (secondary N) is 1. The van der Waals surface area contributed by atoms with Crippen LogP contribution in [0.3, 0.4) is 0 Å². The van der Waals surface area contributed by atoms with Crippen molar-refractivity contribution in [1.29, 1.82) is 0 Å². The highest BCUT2D eigenvalue weighted by molar-refractivity contribution is 5.67. The van der Waals surface area contributed by atoms with Crippen molar-refractivity contribution in [2.24, 2.45) is 0 Å². The number of ether oxygens (including phenoxy) is 2. The second-order valence-electron chi connectivity index (χ2n) is 5.75. The minimum absolute atomic E-state index is 0.125. The molecule has 0 spiro atoms. The Morgan fingerprint density at radius 3 is 2.52 bits per heavy atom. The average molecular weight is 321 g/mol. The first-order valence-corrected chi connectivity index (χ1v) is 8.11. The summed E-state index contributed by atoms with van der Waals surface area (Å²) in [6, 6.07) is 8.59. The standard InChI is InChI=1S/C17H27N3O3/c1-4-23-17(21)18-13-16(20-9-11-22-12-10-20)14-5-7-15(8-6-14)19(2)3/h5-8,16H,4,9-13H2,1-3H3,(H,18,21)/t16-/m0/s1. The zero-order valence-corrected chi connectivity index (χ0v) is 14.2. The molecular formula is C17H27N3O3. The summed E-state index contributed by atoms with van der Waals surface area (Å²) in [6.45, 7) is 5.90. The summed E-state index contributed by atoms with van der Waals surface area (Å²) in [7, 11) is 4.05. The molecule has 1 saturated heterocycles. The molecule has 1 aromatic carbocycles. The molecule has 0 aromatic heterocycles. The van der Waals surface area contributed by atoms with Gasteiger partial charge in [-0.15, -0.1) is 0 Å². The molecule has 0 saturated carbocycles. The van der Waals surface area contributed by atoms with Gasteiger partial charge in [0, 0.05) is 39.4 Å². The molecule has 1 atom stereocenters. The van der Waals surface area contributed by atoms with Gasteiger partial charge in [0.25, 0.3) is 0 Å². The highest BCUT2D eigenvalue weighted by Gasteiger charge is 2.23. The van der Waals surface area contributed by atoms with Crippen molar-refractivity contribution in [2.75, 3.05) is 58.5 Å². The Hall–Kier alpha value is -1.79. The summed E-state index contributed by atoms with van der Waals surface area (Å²) >= 11 is 0. The Balaban J connectivity index is 2.09. The molecule has 0 unspecified atom stereocenters. The van der Waals surface area contributed by atoms with Crippen LogP contribution in [-0.4, -0.2) is 64.5 Å². The fourth-order valence-electron chi connectivity index (χ4n) is 2.70. The zero-order chi connectivity index (χ0) is 16.7. The van der Waals surface area contributed by atoms with Crippen molar-refractivity contribution in [3.63, 3.8) is 0 Å². The largest absolute Gasteiger partial charge is 0.450 e. The van der Waals surface area contributed by atoms with Crippen molar-refractivity contribution in [2.45, 2.75) is 13.0 Å².